The SMILES string of the molecule is Cc1cccc(CCc2nc3ncc(Br)cc3[nH]2)c1. The van der Waals surface area contributed by atoms with Crippen LogP contribution in [0.5, 0.6) is 0 Å². The van der Waals surface area contributed by atoms with Gasteiger partial charge in [-0.2, -0.15) is 0 Å². The molecular weight excluding hydrogens is 302 g/mol. The van der Waals surface area contributed by atoms with Crippen LogP contribution in [0.4, 0.5) is 0 Å². The molecule has 3 aromatic rings. The van der Waals surface area contributed by atoms with Gasteiger partial charge in [-0.15, -0.1) is 0 Å². The Morgan fingerprint density at radius 1 is 1.21 bits per heavy atom. The molecule has 2 heterocycles. The first-order valence-electron chi connectivity index (χ1n) is 6.26. The zero-order valence-electron chi connectivity index (χ0n) is 10.7. The first-order chi connectivity index (χ1) is 9.20. The van der Waals surface area contributed by atoms with Gasteiger partial charge in [0.2, 0.25) is 0 Å². The molecule has 0 bridgehead atoms. The molecular formula is C15H14BrN3. The van der Waals surface area contributed by atoms with E-state index in [4.69, 9.17) is 0 Å². The Morgan fingerprint density at radius 3 is 2.95 bits per heavy atom. The van der Waals surface area contributed by atoms with E-state index in [1.165, 1.54) is 11.1 Å². The van der Waals surface area contributed by atoms with Gasteiger partial charge in [0.1, 0.15) is 5.82 Å². The maximum atomic E-state index is 4.50. The number of nitrogens with one attached hydrogen (secondary N) is 1. The van der Waals surface area contributed by atoms with Gasteiger partial charge in [-0.25, -0.2) is 9.97 Å². The third kappa shape index (κ3) is 2.84. The van der Waals surface area contributed by atoms with E-state index in [9.17, 15) is 0 Å². The number of imidazole rings is 1. The zero-order chi connectivity index (χ0) is 13.2. The highest BCUT2D eigenvalue weighted by molar-refractivity contribution is 9.10. The molecule has 0 fully saturated rings. The highest BCUT2D eigenvalue weighted by Crippen LogP contribution is 2.16. The number of aromatic amines is 1. The maximum absolute atomic E-state index is 4.50. The minimum Gasteiger partial charge on any atom is -0.341 e. The first kappa shape index (κ1) is 12.4. The number of H-pyrrole nitrogens is 1. The zero-order valence-corrected chi connectivity index (χ0v) is 12.2. The first-order valence-corrected chi connectivity index (χ1v) is 7.06. The summed E-state index contributed by atoms with van der Waals surface area (Å²) in [6.07, 6.45) is 3.66. The molecule has 1 N–H and O–H groups in total. The summed E-state index contributed by atoms with van der Waals surface area (Å²) >= 11 is 3.42. The summed E-state index contributed by atoms with van der Waals surface area (Å²) in [4.78, 5) is 12.1. The molecule has 0 aliphatic rings. The molecule has 3 nitrogen and oxygen atoms in total. The third-order valence-corrected chi connectivity index (χ3v) is 3.52. The molecule has 0 saturated carbocycles. The number of hydrogen-bond donors (Lipinski definition) is 1. The van der Waals surface area contributed by atoms with Crippen LogP contribution in [0.15, 0.2) is 41.0 Å². The van der Waals surface area contributed by atoms with Gasteiger partial charge in [-0.05, 0) is 40.9 Å². The number of nitrogens with zero attached hydrogens (tertiary/aromatic N) is 2. The predicted octanol–water partition coefficient (Wildman–Crippen LogP) is 3.81. The molecule has 3 rings (SSSR count). The van der Waals surface area contributed by atoms with Crippen molar-refractivity contribution in [2.75, 3.05) is 0 Å². The Kier molecular flexibility index (Phi) is 3.34. The molecule has 2 aromatic heterocycles. The van der Waals surface area contributed by atoms with E-state index in [0.29, 0.717) is 0 Å². The lowest BCUT2D eigenvalue weighted by Crippen LogP contribution is -1.93. The molecule has 0 unspecified atom stereocenters. The Labute approximate surface area is 120 Å². The van der Waals surface area contributed by atoms with E-state index in [2.05, 4.69) is 62.1 Å². The average Bonchev–Trinajstić information content (AvgIpc) is 2.78. The maximum Gasteiger partial charge on any atom is 0.177 e. The number of fused-ring (bicyclic) bond motifs is 1. The van der Waals surface area contributed by atoms with Gasteiger partial charge in [0.05, 0.1) is 5.52 Å². The summed E-state index contributed by atoms with van der Waals surface area (Å²) in [7, 11) is 0. The lowest BCUT2D eigenvalue weighted by Gasteiger charge is -2.00. The molecule has 0 atom stereocenters. The summed E-state index contributed by atoms with van der Waals surface area (Å²) in [5, 5.41) is 0. The smallest absolute Gasteiger partial charge is 0.177 e. The normalized spacial score (nSPS) is 11.1. The minimum absolute atomic E-state index is 0.780. The van der Waals surface area contributed by atoms with E-state index in [0.717, 1.165) is 34.3 Å². The fraction of sp³-hybridized carbons (Fsp3) is 0.200. The molecule has 19 heavy (non-hydrogen) atoms. The van der Waals surface area contributed by atoms with E-state index in [-0.39, 0.29) is 0 Å². The average molecular weight is 316 g/mol. The molecule has 0 amide bonds. The summed E-state index contributed by atoms with van der Waals surface area (Å²) in [5.41, 5.74) is 4.40. The van der Waals surface area contributed by atoms with Gasteiger partial charge in [0.15, 0.2) is 5.65 Å². The molecule has 0 spiro atoms. The number of aryl methyl sites for hydroxylation is 3. The van der Waals surface area contributed by atoms with E-state index < -0.39 is 0 Å². The molecule has 0 aliphatic heterocycles. The number of halogens is 1. The van der Waals surface area contributed by atoms with Crippen molar-refractivity contribution in [3.05, 3.63) is 58.0 Å². The van der Waals surface area contributed by atoms with Crippen LogP contribution < -0.4 is 0 Å². The number of benzene rings is 1. The van der Waals surface area contributed by atoms with Crippen LogP contribution in [0.1, 0.15) is 17.0 Å². The van der Waals surface area contributed by atoms with Gasteiger partial charge in [0.25, 0.3) is 0 Å². The second-order valence-corrected chi connectivity index (χ2v) is 5.61. The summed E-state index contributed by atoms with van der Waals surface area (Å²) < 4.78 is 0.967. The predicted molar refractivity (Wildman–Crippen MR) is 80.2 cm³/mol. The van der Waals surface area contributed by atoms with Crippen LogP contribution >= 0.6 is 15.9 Å². The Hall–Kier alpha value is -1.68. The van der Waals surface area contributed by atoms with Crippen LogP contribution in [-0.2, 0) is 12.8 Å². The largest absolute Gasteiger partial charge is 0.341 e. The van der Waals surface area contributed by atoms with Gasteiger partial charge in [-0.1, -0.05) is 29.8 Å². The van der Waals surface area contributed by atoms with Crippen LogP contribution in [0, 0.1) is 6.92 Å². The number of aromatic nitrogens is 3. The lowest BCUT2D eigenvalue weighted by atomic mass is 10.1. The summed E-state index contributed by atoms with van der Waals surface area (Å²) in [5.74, 6) is 0.988. The second-order valence-electron chi connectivity index (χ2n) is 4.70. The topological polar surface area (TPSA) is 41.6 Å². The van der Waals surface area contributed by atoms with Gasteiger partial charge in [0, 0.05) is 17.1 Å². The molecule has 1 aromatic carbocycles. The van der Waals surface area contributed by atoms with E-state index in [1.54, 1.807) is 6.20 Å². The van der Waals surface area contributed by atoms with Gasteiger partial charge < -0.3 is 4.98 Å². The Morgan fingerprint density at radius 2 is 2.11 bits per heavy atom. The van der Waals surface area contributed by atoms with Crippen molar-refractivity contribution in [1.29, 1.82) is 0 Å². The molecule has 4 heteroatoms. The number of pyridine rings is 1. The molecule has 0 aliphatic carbocycles. The Balaban J connectivity index is 1.78. The standard InChI is InChI=1S/C15H14BrN3/c1-10-3-2-4-11(7-10)5-6-14-18-13-8-12(16)9-17-15(13)19-14/h2-4,7-9H,5-6H2,1H3,(H,17,18,19). The minimum atomic E-state index is 0.780. The fourth-order valence-corrected chi connectivity index (χ4v) is 2.50. The van der Waals surface area contributed by atoms with Crippen molar-refractivity contribution in [2.45, 2.75) is 19.8 Å². The van der Waals surface area contributed by atoms with E-state index >= 15 is 0 Å². The lowest BCUT2D eigenvalue weighted by molar-refractivity contribution is 0.888. The van der Waals surface area contributed by atoms with Crippen LogP contribution in [-0.4, -0.2) is 15.0 Å². The Bertz CT molecular complexity index is 718. The van der Waals surface area contributed by atoms with Crippen molar-refractivity contribution in [3.8, 4) is 0 Å². The quantitative estimate of drug-likeness (QED) is 0.798. The van der Waals surface area contributed by atoms with Gasteiger partial charge in [-0.3, -0.25) is 0 Å². The summed E-state index contributed by atoms with van der Waals surface area (Å²) in [6.45, 7) is 2.12. The van der Waals surface area contributed by atoms with Crippen molar-refractivity contribution in [1.82, 2.24) is 15.0 Å². The number of hydrogen-bond acceptors (Lipinski definition) is 2. The highest BCUT2D eigenvalue weighted by Gasteiger charge is 2.04. The van der Waals surface area contributed by atoms with Crippen molar-refractivity contribution in [3.63, 3.8) is 0 Å². The van der Waals surface area contributed by atoms with E-state index in [1.807, 2.05) is 6.07 Å². The fourth-order valence-electron chi connectivity index (χ4n) is 2.17. The monoisotopic (exact) mass is 315 g/mol. The van der Waals surface area contributed by atoms with Crippen LogP contribution in [0.2, 0.25) is 0 Å². The van der Waals surface area contributed by atoms with Crippen LogP contribution in [0.3, 0.4) is 0 Å². The second kappa shape index (κ2) is 5.13. The molecule has 0 saturated heterocycles. The van der Waals surface area contributed by atoms with Crippen molar-refractivity contribution < 1.29 is 0 Å². The third-order valence-electron chi connectivity index (χ3n) is 3.09. The van der Waals surface area contributed by atoms with Crippen molar-refractivity contribution in [2.24, 2.45) is 0 Å². The van der Waals surface area contributed by atoms with Crippen molar-refractivity contribution >= 4 is 27.1 Å². The van der Waals surface area contributed by atoms with Gasteiger partial charge >= 0.3 is 0 Å². The molecule has 96 valence electrons. The highest BCUT2D eigenvalue weighted by atomic mass is 79.9. The number of rotatable bonds is 3. The van der Waals surface area contributed by atoms with Crippen LogP contribution in [0.25, 0.3) is 11.2 Å². The summed E-state index contributed by atoms with van der Waals surface area (Å²) in [6, 6.07) is 10.6. The molecule has 0 radical (unpaired) electrons.